The maximum Gasteiger partial charge on any atom is 0.0292 e. The van der Waals surface area contributed by atoms with Crippen molar-refractivity contribution in [1.29, 1.82) is 0 Å². The number of hydrogen-bond donors (Lipinski definition) is 2. The fraction of sp³-hybridized carbons (Fsp3) is 0.455. The summed E-state index contributed by atoms with van der Waals surface area (Å²) in [6.45, 7) is 3.89. The smallest absolute Gasteiger partial charge is 0.0292 e. The highest BCUT2D eigenvalue weighted by atomic mass is 79.9. The summed E-state index contributed by atoms with van der Waals surface area (Å²) in [6.07, 6.45) is 1.03. The minimum atomic E-state index is 0.388. The van der Waals surface area contributed by atoms with E-state index < -0.39 is 0 Å². The summed E-state index contributed by atoms with van der Waals surface area (Å²) < 4.78 is 1.13. The van der Waals surface area contributed by atoms with Crippen LogP contribution in [0.4, 0.5) is 0 Å². The molecule has 0 aliphatic heterocycles. The average molecular weight is 257 g/mol. The van der Waals surface area contributed by atoms with Gasteiger partial charge in [-0.05, 0) is 44.1 Å². The van der Waals surface area contributed by atoms with Gasteiger partial charge in [-0.2, -0.15) is 0 Å². The molecule has 0 saturated heterocycles. The van der Waals surface area contributed by atoms with Crippen LogP contribution >= 0.6 is 15.9 Å². The van der Waals surface area contributed by atoms with Gasteiger partial charge in [0.15, 0.2) is 0 Å². The predicted octanol–water partition coefficient (Wildman–Crippen LogP) is 2.45. The molecule has 0 saturated carbocycles. The topological polar surface area (TPSA) is 38.0 Å². The first-order chi connectivity index (χ1) is 6.74. The molecule has 0 fully saturated rings. The highest BCUT2D eigenvalue weighted by molar-refractivity contribution is 9.10. The molecule has 0 amide bonds. The maximum absolute atomic E-state index is 5.43. The average Bonchev–Trinajstić information content (AvgIpc) is 2.18. The molecule has 14 heavy (non-hydrogen) atoms. The fourth-order valence-electron chi connectivity index (χ4n) is 1.31. The van der Waals surface area contributed by atoms with E-state index in [0.29, 0.717) is 6.04 Å². The minimum absolute atomic E-state index is 0.388. The lowest BCUT2D eigenvalue weighted by atomic mass is 10.1. The molecule has 1 aromatic carbocycles. The molecule has 0 unspecified atom stereocenters. The van der Waals surface area contributed by atoms with Crippen LogP contribution in [-0.2, 0) is 0 Å². The largest absolute Gasteiger partial charge is 0.330 e. The SMILES string of the molecule is C[C@@H](NCCCN)c1cccc(Br)c1. The lowest BCUT2D eigenvalue weighted by Crippen LogP contribution is -2.21. The zero-order chi connectivity index (χ0) is 10.4. The van der Waals surface area contributed by atoms with Gasteiger partial charge >= 0.3 is 0 Å². The molecule has 3 N–H and O–H groups in total. The second-order valence-electron chi connectivity index (χ2n) is 3.37. The quantitative estimate of drug-likeness (QED) is 0.795. The van der Waals surface area contributed by atoms with Crippen molar-refractivity contribution in [1.82, 2.24) is 5.32 Å². The molecular weight excluding hydrogens is 240 g/mol. The Bertz CT molecular complexity index is 276. The van der Waals surface area contributed by atoms with Crippen molar-refractivity contribution in [2.45, 2.75) is 19.4 Å². The first kappa shape index (κ1) is 11.7. The molecule has 0 heterocycles. The van der Waals surface area contributed by atoms with Crippen LogP contribution in [0, 0.1) is 0 Å². The number of hydrogen-bond acceptors (Lipinski definition) is 2. The van der Waals surface area contributed by atoms with Crippen LogP contribution in [0.15, 0.2) is 28.7 Å². The van der Waals surface area contributed by atoms with Crippen LogP contribution in [0.2, 0.25) is 0 Å². The lowest BCUT2D eigenvalue weighted by molar-refractivity contribution is 0.561. The second kappa shape index (κ2) is 6.17. The van der Waals surface area contributed by atoms with Gasteiger partial charge in [-0.25, -0.2) is 0 Å². The molecule has 0 aromatic heterocycles. The molecule has 3 heteroatoms. The first-order valence-corrected chi connectivity index (χ1v) is 5.72. The first-order valence-electron chi connectivity index (χ1n) is 4.93. The van der Waals surface area contributed by atoms with Crippen molar-refractivity contribution < 1.29 is 0 Å². The summed E-state index contributed by atoms with van der Waals surface area (Å²) in [6, 6.07) is 8.75. The van der Waals surface area contributed by atoms with Crippen LogP contribution < -0.4 is 11.1 Å². The van der Waals surface area contributed by atoms with E-state index in [1.165, 1.54) is 5.56 Å². The van der Waals surface area contributed by atoms with E-state index in [1.807, 2.05) is 6.07 Å². The van der Waals surface area contributed by atoms with Crippen molar-refractivity contribution >= 4 is 15.9 Å². The summed E-state index contributed by atoms with van der Waals surface area (Å²) in [4.78, 5) is 0. The molecule has 0 aliphatic rings. The Balaban J connectivity index is 2.47. The van der Waals surface area contributed by atoms with Crippen LogP contribution in [0.25, 0.3) is 0 Å². The Hall–Kier alpha value is -0.380. The van der Waals surface area contributed by atoms with Gasteiger partial charge in [0.2, 0.25) is 0 Å². The number of halogens is 1. The van der Waals surface area contributed by atoms with E-state index in [-0.39, 0.29) is 0 Å². The van der Waals surface area contributed by atoms with Gasteiger partial charge in [-0.3, -0.25) is 0 Å². The zero-order valence-electron chi connectivity index (χ0n) is 8.46. The molecule has 78 valence electrons. The molecule has 1 atom stereocenters. The number of nitrogens with one attached hydrogen (secondary N) is 1. The van der Waals surface area contributed by atoms with Crippen LogP contribution in [-0.4, -0.2) is 13.1 Å². The van der Waals surface area contributed by atoms with Crippen LogP contribution in [0.1, 0.15) is 24.9 Å². The Kier molecular flexibility index (Phi) is 5.15. The maximum atomic E-state index is 5.43. The zero-order valence-corrected chi connectivity index (χ0v) is 10.0. The van der Waals surface area contributed by atoms with Gasteiger partial charge in [0.25, 0.3) is 0 Å². The fourth-order valence-corrected chi connectivity index (χ4v) is 1.73. The highest BCUT2D eigenvalue weighted by Gasteiger charge is 2.03. The molecule has 2 nitrogen and oxygen atoms in total. The van der Waals surface area contributed by atoms with E-state index in [2.05, 4.69) is 46.4 Å². The third-order valence-corrected chi connectivity index (χ3v) is 2.67. The van der Waals surface area contributed by atoms with Gasteiger partial charge < -0.3 is 11.1 Å². The van der Waals surface area contributed by atoms with E-state index in [1.54, 1.807) is 0 Å². The van der Waals surface area contributed by atoms with Crippen LogP contribution in [0.3, 0.4) is 0 Å². The van der Waals surface area contributed by atoms with Gasteiger partial charge in [-0.15, -0.1) is 0 Å². The summed E-state index contributed by atoms with van der Waals surface area (Å²) in [5.74, 6) is 0. The van der Waals surface area contributed by atoms with E-state index >= 15 is 0 Å². The molecule has 1 rings (SSSR count). The molecule has 0 bridgehead atoms. The Morgan fingerprint density at radius 2 is 2.29 bits per heavy atom. The summed E-state index contributed by atoms with van der Waals surface area (Å²) >= 11 is 3.46. The molecule has 0 aliphatic carbocycles. The van der Waals surface area contributed by atoms with Crippen molar-refractivity contribution in [3.63, 3.8) is 0 Å². The minimum Gasteiger partial charge on any atom is -0.330 e. The molecule has 0 radical (unpaired) electrons. The van der Waals surface area contributed by atoms with Crippen LogP contribution in [0.5, 0.6) is 0 Å². The Morgan fingerprint density at radius 3 is 2.93 bits per heavy atom. The van der Waals surface area contributed by atoms with E-state index in [9.17, 15) is 0 Å². The number of nitrogens with two attached hydrogens (primary N) is 1. The normalized spacial score (nSPS) is 12.8. The number of rotatable bonds is 5. The third kappa shape index (κ3) is 3.78. The summed E-state index contributed by atoms with van der Waals surface area (Å²) in [7, 11) is 0. The van der Waals surface area contributed by atoms with Crippen molar-refractivity contribution in [3.8, 4) is 0 Å². The van der Waals surface area contributed by atoms with Gasteiger partial charge in [0.1, 0.15) is 0 Å². The molecule has 1 aromatic rings. The van der Waals surface area contributed by atoms with Crippen molar-refractivity contribution in [2.24, 2.45) is 5.73 Å². The van der Waals surface area contributed by atoms with Crippen molar-refractivity contribution in [3.05, 3.63) is 34.3 Å². The van der Waals surface area contributed by atoms with Crippen molar-refractivity contribution in [2.75, 3.05) is 13.1 Å². The number of benzene rings is 1. The van der Waals surface area contributed by atoms with Gasteiger partial charge in [0, 0.05) is 10.5 Å². The predicted molar refractivity (Wildman–Crippen MR) is 64.2 cm³/mol. The Labute approximate surface area is 94.0 Å². The monoisotopic (exact) mass is 256 g/mol. The Morgan fingerprint density at radius 1 is 1.50 bits per heavy atom. The third-order valence-electron chi connectivity index (χ3n) is 2.18. The van der Waals surface area contributed by atoms with Gasteiger partial charge in [-0.1, -0.05) is 28.1 Å². The molecule has 0 spiro atoms. The van der Waals surface area contributed by atoms with Gasteiger partial charge in [0.05, 0.1) is 0 Å². The van der Waals surface area contributed by atoms with E-state index in [4.69, 9.17) is 5.73 Å². The summed E-state index contributed by atoms with van der Waals surface area (Å²) in [5, 5.41) is 3.43. The highest BCUT2D eigenvalue weighted by Crippen LogP contribution is 2.17. The summed E-state index contributed by atoms with van der Waals surface area (Å²) in [5.41, 5.74) is 6.73. The second-order valence-corrected chi connectivity index (χ2v) is 4.29. The molecular formula is C11H17BrN2. The lowest BCUT2D eigenvalue weighted by Gasteiger charge is -2.13. The van der Waals surface area contributed by atoms with E-state index in [0.717, 1.165) is 24.0 Å². The standard InChI is InChI=1S/C11H17BrN2/c1-9(14-7-3-6-13)10-4-2-5-11(12)8-10/h2,4-5,8-9,14H,3,6-7,13H2,1H3/t9-/m1/s1.